The van der Waals surface area contributed by atoms with Gasteiger partial charge in [0.05, 0.1) is 16.7 Å². The third-order valence-corrected chi connectivity index (χ3v) is 7.53. The fraction of sp³-hybridized carbons (Fsp3) is 0. The van der Waals surface area contributed by atoms with E-state index >= 15 is 0 Å². The maximum atomic E-state index is 6.32. The Labute approximate surface area is 227 Å². The Morgan fingerprint density at radius 1 is 0.395 bits per heavy atom. The van der Waals surface area contributed by atoms with E-state index in [1.54, 1.807) is 0 Å². The van der Waals surface area contributed by atoms with Gasteiger partial charge in [0.25, 0.3) is 0 Å². The van der Waals surface area contributed by atoms with Crippen LogP contribution in [0.2, 0.25) is 5.02 Å². The highest BCUT2D eigenvalue weighted by molar-refractivity contribution is 6.30. The molecule has 6 aromatic carbocycles. The van der Waals surface area contributed by atoms with Gasteiger partial charge in [-0.2, -0.15) is 0 Å². The second-order valence-electron chi connectivity index (χ2n) is 9.52. The molecule has 0 radical (unpaired) electrons. The summed E-state index contributed by atoms with van der Waals surface area (Å²) in [6.45, 7) is 0. The van der Waals surface area contributed by atoms with Crippen LogP contribution < -0.4 is 0 Å². The molecule has 0 spiro atoms. The molecule has 0 aliphatic rings. The van der Waals surface area contributed by atoms with Crippen molar-refractivity contribution in [3.63, 3.8) is 0 Å². The quantitative estimate of drug-likeness (QED) is 0.224. The van der Waals surface area contributed by atoms with Crippen LogP contribution in [0.5, 0.6) is 0 Å². The molecule has 0 aliphatic heterocycles. The number of halogens is 1. The Morgan fingerprint density at radius 2 is 0.842 bits per heavy atom. The van der Waals surface area contributed by atoms with Crippen LogP contribution in [0.1, 0.15) is 0 Å². The van der Waals surface area contributed by atoms with Crippen molar-refractivity contribution in [3.8, 4) is 39.1 Å². The lowest BCUT2D eigenvalue weighted by Crippen LogP contribution is -2.00. The highest BCUT2D eigenvalue weighted by Crippen LogP contribution is 2.42. The maximum Gasteiger partial charge on any atom is 0.0547 e. The van der Waals surface area contributed by atoms with Gasteiger partial charge in [0, 0.05) is 21.4 Å². The van der Waals surface area contributed by atoms with Gasteiger partial charge in [-0.3, -0.25) is 0 Å². The van der Waals surface area contributed by atoms with Crippen LogP contribution in [0.4, 0.5) is 0 Å². The molecule has 0 atom stereocenters. The predicted molar refractivity (Wildman–Crippen MR) is 162 cm³/mol. The van der Waals surface area contributed by atoms with Crippen LogP contribution in [0.15, 0.2) is 146 Å². The number of benzene rings is 6. The molecule has 0 saturated carbocycles. The Balaban J connectivity index is 1.64. The lowest BCUT2D eigenvalue weighted by Gasteiger charge is -2.20. The summed E-state index contributed by atoms with van der Waals surface area (Å²) in [7, 11) is 0. The highest BCUT2D eigenvalue weighted by atomic mass is 35.5. The first kappa shape index (κ1) is 22.6. The number of hydrogen-bond donors (Lipinski definition) is 0. The van der Waals surface area contributed by atoms with Gasteiger partial charge in [-0.15, -0.1) is 0 Å². The molecular weight excluding hydrogens is 482 g/mol. The van der Waals surface area contributed by atoms with E-state index in [2.05, 4.69) is 138 Å². The zero-order chi connectivity index (χ0) is 25.5. The maximum absolute atomic E-state index is 6.32. The number of aromatic nitrogens is 1. The lowest BCUT2D eigenvalue weighted by molar-refractivity contribution is 1.18. The molecule has 0 bridgehead atoms. The summed E-state index contributed by atoms with van der Waals surface area (Å²) in [5.74, 6) is 0. The van der Waals surface area contributed by atoms with Gasteiger partial charge in [0.1, 0.15) is 0 Å². The van der Waals surface area contributed by atoms with Gasteiger partial charge in [0.15, 0.2) is 0 Å². The van der Waals surface area contributed by atoms with Crippen molar-refractivity contribution in [2.45, 2.75) is 0 Å². The van der Waals surface area contributed by atoms with Crippen LogP contribution in [0, 0.1) is 0 Å². The molecule has 0 fully saturated rings. The molecule has 0 aliphatic carbocycles. The van der Waals surface area contributed by atoms with Gasteiger partial charge >= 0.3 is 0 Å². The summed E-state index contributed by atoms with van der Waals surface area (Å²) in [4.78, 5) is 0. The van der Waals surface area contributed by atoms with Crippen molar-refractivity contribution >= 4 is 33.4 Å². The molecule has 1 aromatic heterocycles. The molecule has 180 valence electrons. The molecule has 0 saturated heterocycles. The summed E-state index contributed by atoms with van der Waals surface area (Å²) < 4.78 is 2.41. The summed E-state index contributed by atoms with van der Waals surface area (Å²) in [6, 6.07) is 51.6. The van der Waals surface area contributed by atoms with Crippen LogP contribution in [0.3, 0.4) is 0 Å². The van der Waals surface area contributed by atoms with E-state index in [1.807, 2.05) is 12.1 Å². The minimum Gasteiger partial charge on any atom is -0.309 e. The van der Waals surface area contributed by atoms with E-state index in [1.165, 1.54) is 44.1 Å². The van der Waals surface area contributed by atoms with Crippen LogP contribution >= 0.6 is 11.6 Å². The lowest BCUT2D eigenvalue weighted by atomic mass is 9.89. The van der Waals surface area contributed by atoms with Gasteiger partial charge < -0.3 is 4.57 Å². The van der Waals surface area contributed by atoms with E-state index < -0.39 is 0 Å². The van der Waals surface area contributed by atoms with Gasteiger partial charge in [-0.05, 0) is 64.2 Å². The van der Waals surface area contributed by atoms with Gasteiger partial charge in [-0.1, -0.05) is 121 Å². The van der Waals surface area contributed by atoms with Crippen molar-refractivity contribution < 1.29 is 0 Å². The number of hydrogen-bond acceptors (Lipinski definition) is 0. The number of nitrogens with zero attached hydrogens (tertiary/aromatic N) is 1. The van der Waals surface area contributed by atoms with Crippen molar-refractivity contribution in [2.75, 3.05) is 0 Å². The number of fused-ring (bicyclic) bond motifs is 3. The molecule has 2 heteroatoms. The average Bonchev–Trinajstić information content (AvgIpc) is 3.32. The largest absolute Gasteiger partial charge is 0.309 e. The molecule has 0 N–H and O–H groups in total. The van der Waals surface area contributed by atoms with Gasteiger partial charge in [0.2, 0.25) is 0 Å². The third kappa shape index (κ3) is 3.80. The molecule has 0 unspecified atom stereocenters. The summed E-state index contributed by atoms with van der Waals surface area (Å²) in [5.41, 5.74) is 10.6. The monoisotopic (exact) mass is 505 g/mol. The molecule has 7 aromatic rings. The fourth-order valence-corrected chi connectivity index (χ4v) is 5.66. The van der Waals surface area contributed by atoms with E-state index in [0.717, 1.165) is 21.8 Å². The van der Waals surface area contributed by atoms with Crippen molar-refractivity contribution in [1.29, 1.82) is 0 Å². The second-order valence-corrected chi connectivity index (χ2v) is 9.96. The Bertz CT molecular complexity index is 1850. The normalized spacial score (nSPS) is 11.3. The molecule has 1 nitrogen and oxygen atoms in total. The SMILES string of the molecule is Clc1ccc(-c2cc(-c3ccccc3)c(-c3ccccc3)cc2-n2c3ccccc3c3ccccc32)cc1. The average molecular weight is 506 g/mol. The minimum absolute atomic E-state index is 0.733. The highest BCUT2D eigenvalue weighted by Gasteiger charge is 2.19. The zero-order valence-electron chi connectivity index (χ0n) is 20.7. The van der Waals surface area contributed by atoms with E-state index in [-0.39, 0.29) is 0 Å². The summed E-state index contributed by atoms with van der Waals surface area (Å²) >= 11 is 6.32. The fourth-order valence-electron chi connectivity index (χ4n) is 5.53. The third-order valence-electron chi connectivity index (χ3n) is 7.28. The molecular formula is C36H24ClN. The molecule has 1 heterocycles. The molecule has 38 heavy (non-hydrogen) atoms. The van der Waals surface area contributed by atoms with Crippen LogP contribution in [-0.2, 0) is 0 Å². The van der Waals surface area contributed by atoms with Crippen molar-refractivity contribution in [3.05, 3.63) is 151 Å². The first-order valence-electron chi connectivity index (χ1n) is 12.8. The van der Waals surface area contributed by atoms with Crippen LogP contribution in [-0.4, -0.2) is 4.57 Å². The Morgan fingerprint density at radius 3 is 1.39 bits per heavy atom. The van der Waals surface area contributed by atoms with Crippen molar-refractivity contribution in [2.24, 2.45) is 0 Å². The van der Waals surface area contributed by atoms with E-state index in [4.69, 9.17) is 11.6 Å². The van der Waals surface area contributed by atoms with E-state index in [0.29, 0.717) is 0 Å². The predicted octanol–water partition coefficient (Wildman–Crippen LogP) is 10.4. The minimum atomic E-state index is 0.733. The first-order chi connectivity index (χ1) is 18.8. The number of para-hydroxylation sites is 2. The Hall–Kier alpha value is -4.59. The Kier molecular flexibility index (Phi) is 5.57. The number of rotatable bonds is 4. The first-order valence-corrected chi connectivity index (χ1v) is 13.2. The molecule has 0 amide bonds. The van der Waals surface area contributed by atoms with Gasteiger partial charge in [-0.25, -0.2) is 0 Å². The second kappa shape index (κ2) is 9.37. The zero-order valence-corrected chi connectivity index (χ0v) is 21.4. The smallest absolute Gasteiger partial charge is 0.0547 e. The summed E-state index contributed by atoms with van der Waals surface area (Å²) in [6.07, 6.45) is 0. The topological polar surface area (TPSA) is 4.93 Å². The van der Waals surface area contributed by atoms with E-state index in [9.17, 15) is 0 Å². The summed E-state index contributed by atoms with van der Waals surface area (Å²) in [5, 5.41) is 3.23. The molecule has 7 rings (SSSR count). The standard InChI is InChI=1S/C36H24ClN/c37-28-21-19-27(20-22-28)33-23-31(25-11-3-1-4-12-25)32(26-13-5-2-6-14-26)24-36(33)38-34-17-9-7-15-29(34)30-16-8-10-18-35(30)38/h1-24H. The van der Waals surface area contributed by atoms with Crippen molar-refractivity contribution in [1.82, 2.24) is 4.57 Å². The van der Waals surface area contributed by atoms with Crippen LogP contribution in [0.25, 0.3) is 60.9 Å².